The molecule has 0 amide bonds. The van der Waals surface area contributed by atoms with Gasteiger partial charge in [-0.3, -0.25) is 9.40 Å². The molecule has 0 atom stereocenters. The van der Waals surface area contributed by atoms with Gasteiger partial charge in [-0.15, -0.1) is 0 Å². The van der Waals surface area contributed by atoms with Crippen molar-refractivity contribution in [3.05, 3.63) is 22.7 Å². The molecule has 0 saturated heterocycles. The summed E-state index contributed by atoms with van der Waals surface area (Å²) in [7, 11) is -1.56. The predicted molar refractivity (Wildman–Crippen MR) is 90.0 cm³/mol. The third-order valence-corrected chi connectivity index (χ3v) is 6.09. The van der Waals surface area contributed by atoms with Crippen LogP contribution in [-0.2, 0) is 22.5 Å². The number of aromatic nitrogens is 2. The Bertz CT molecular complexity index is 846. The van der Waals surface area contributed by atoms with E-state index < -0.39 is 10.0 Å². The highest BCUT2D eigenvalue weighted by Crippen LogP contribution is 2.38. The first-order chi connectivity index (χ1) is 10.1. The van der Waals surface area contributed by atoms with Crippen LogP contribution < -0.4 is 4.72 Å². The van der Waals surface area contributed by atoms with Gasteiger partial charge in [0.25, 0.3) is 0 Å². The predicted octanol–water partition coefficient (Wildman–Crippen LogP) is 3.43. The van der Waals surface area contributed by atoms with Gasteiger partial charge in [0.1, 0.15) is 0 Å². The molecule has 0 aliphatic heterocycles. The number of nitrogens with zero attached hydrogens (tertiary/aromatic N) is 2. The molecule has 0 radical (unpaired) electrons. The largest absolute Gasteiger partial charge is 0.265 e. The Kier molecular flexibility index (Phi) is 3.45. The second-order valence-electron chi connectivity index (χ2n) is 6.89. The Labute approximate surface area is 135 Å². The van der Waals surface area contributed by atoms with Gasteiger partial charge in [0.05, 0.1) is 21.2 Å². The fourth-order valence-electron chi connectivity index (χ4n) is 2.65. The number of nitrogens with one attached hydrogen (secondary N) is 1. The molecule has 1 N–H and O–H groups in total. The van der Waals surface area contributed by atoms with Crippen LogP contribution in [0.1, 0.15) is 39.2 Å². The van der Waals surface area contributed by atoms with Crippen LogP contribution in [0.5, 0.6) is 0 Å². The number of sulfonamides is 1. The van der Waals surface area contributed by atoms with E-state index >= 15 is 0 Å². The first-order valence-electron chi connectivity index (χ1n) is 7.28. The summed E-state index contributed by atoms with van der Waals surface area (Å²) in [5.41, 5.74) is 1.86. The minimum absolute atomic E-state index is 0.0940. The normalized spacial score (nSPS) is 16.2. The lowest BCUT2D eigenvalue weighted by Gasteiger charge is -2.20. The van der Waals surface area contributed by atoms with Gasteiger partial charge in [-0.25, -0.2) is 8.42 Å². The van der Waals surface area contributed by atoms with E-state index in [-0.39, 0.29) is 10.7 Å². The Morgan fingerprint density at radius 3 is 2.50 bits per heavy atom. The van der Waals surface area contributed by atoms with Crippen LogP contribution in [0.2, 0.25) is 5.02 Å². The van der Waals surface area contributed by atoms with Crippen molar-refractivity contribution in [1.29, 1.82) is 0 Å². The maximum absolute atomic E-state index is 12.2. The lowest BCUT2D eigenvalue weighted by atomic mass is 9.85. The molecule has 22 heavy (non-hydrogen) atoms. The first kappa shape index (κ1) is 15.6. The van der Waals surface area contributed by atoms with E-state index in [4.69, 9.17) is 11.6 Å². The average Bonchev–Trinajstić information content (AvgIpc) is 3.16. The molecule has 7 heteroatoms. The van der Waals surface area contributed by atoms with Gasteiger partial charge in [0.15, 0.2) is 5.82 Å². The van der Waals surface area contributed by atoms with Crippen LogP contribution >= 0.6 is 11.6 Å². The monoisotopic (exact) mass is 341 g/mol. The third-order valence-electron chi connectivity index (χ3n) is 3.95. The molecular weight excluding hydrogens is 322 g/mol. The van der Waals surface area contributed by atoms with Gasteiger partial charge in [-0.05, 0) is 29.9 Å². The molecule has 120 valence electrons. The van der Waals surface area contributed by atoms with Crippen molar-refractivity contribution in [1.82, 2.24) is 9.78 Å². The van der Waals surface area contributed by atoms with Crippen LogP contribution in [0.25, 0.3) is 10.9 Å². The zero-order valence-corrected chi connectivity index (χ0v) is 14.7. The number of benzene rings is 1. The summed E-state index contributed by atoms with van der Waals surface area (Å²) in [6.07, 6.45) is 1.42. The maximum Gasteiger partial charge on any atom is 0.236 e. The van der Waals surface area contributed by atoms with E-state index in [9.17, 15) is 8.42 Å². The van der Waals surface area contributed by atoms with Crippen LogP contribution in [0.3, 0.4) is 0 Å². The zero-order chi connectivity index (χ0) is 16.3. The van der Waals surface area contributed by atoms with Crippen molar-refractivity contribution in [2.24, 2.45) is 7.05 Å². The zero-order valence-electron chi connectivity index (χ0n) is 13.1. The van der Waals surface area contributed by atoms with E-state index in [1.54, 1.807) is 10.7 Å². The van der Waals surface area contributed by atoms with Crippen LogP contribution in [0.15, 0.2) is 12.1 Å². The van der Waals surface area contributed by atoms with Gasteiger partial charge in [0, 0.05) is 7.05 Å². The highest BCUT2D eigenvalue weighted by Gasteiger charge is 2.37. The average molecular weight is 342 g/mol. The molecule has 5 nitrogen and oxygen atoms in total. The van der Waals surface area contributed by atoms with E-state index in [1.165, 1.54) is 0 Å². The van der Waals surface area contributed by atoms with Gasteiger partial charge >= 0.3 is 0 Å². The fraction of sp³-hybridized carbons (Fsp3) is 0.533. The first-order valence-corrected chi connectivity index (χ1v) is 9.21. The molecular formula is C15H20ClN3O2S. The van der Waals surface area contributed by atoms with Crippen LogP contribution in [0.4, 0.5) is 5.82 Å². The summed E-state index contributed by atoms with van der Waals surface area (Å²) in [6.45, 7) is 6.32. The number of aryl methyl sites for hydroxylation is 1. The molecule has 1 saturated carbocycles. The minimum Gasteiger partial charge on any atom is -0.265 e. The Morgan fingerprint density at radius 2 is 1.95 bits per heavy atom. The van der Waals surface area contributed by atoms with Crippen molar-refractivity contribution in [2.75, 3.05) is 4.72 Å². The molecule has 1 aliphatic rings. The molecule has 0 unspecified atom stereocenters. The summed E-state index contributed by atoms with van der Waals surface area (Å²) in [6, 6.07) is 3.78. The van der Waals surface area contributed by atoms with Gasteiger partial charge in [-0.1, -0.05) is 38.4 Å². The lowest BCUT2D eigenvalue weighted by molar-refractivity contribution is 0.590. The van der Waals surface area contributed by atoms with Crippen LogP contribution in [-0.4, -0.2) is 23.4 Å². The van der Waals surface area contributed by atoms with Gasteiger partial charge in [-0.2, -0.15) is 5.10 Å². The smallest absolute Gasteiger partial charge is 0.236 e. The van der Waals surface area contributed by atoms with E-state index in [2.05, 4.69) is 30.6 Å². The topological polar surface area (TPSA) is 64.0 Å². The van der Waals surface area contributed by atoms with Crippen molar-refractivity contribution < 1.29 is 8.42 Å². The highest BCUT2D eigenvalue weighted by molar-refractivity contribution is 7.93. The number of hydrogen-bond acceptors (Lipinski definition) is 3. The molecule has 0 bridgehead atoms. The number of fused-ring (bicyclic) bond motifs is 1. The highest BCUT2D eigenvalue weighted by atomic mass is 35.5. The second-order valence-corrected chi connectivity index (χ2v) is 9.26. The molecule has 1 aromatic carbocycles. The van der Waals surface area contributed by atoms with Crippen molar-refractivity contribution >= 4 is 38.3 Å². The molecule has 1 aromatic heterocycles. The maximum atomic E-state index is 12.2. The van der Waals surface area contributed by atoms with Gasteiger partial charge < -0.3 is 0 Å². The van der Waals surface area contributed by atoms with Crippen molar-refractivity contribution in [3.8, 4) is 0 Å². The molecule has 2 aromatic rings. The fourth-order valence-corrected chi connectivity index (χ4v) is 4.23. The summed E-state index contributed by atoms with van der Waals surface area (Å²) in [5, 5.41) is 5.24. The second kappa shape index (κ2) is 4.86. The molecule has 1 aliphatic carbocycles. The molecule has 1 fully saturated rings. The summed E-state index contributed by atoms with van der Waals surface area (Å²) < 4.78 is 28.7. The summed E-state index contributed by atoms with van der Waals surface area (Å²) in [4.78, 5) is 0. The number of rotatable bonds is 3. The summed E-state index contributed by atoms with van der Waals surface area (Å²) >= 11 is 6.33. The molecule has 3 rings (SSSR count). The van der Waals surface area contributed by atoms with E-state index in [0.717, 1.165) is 11.1 Å². The SMILES string of the molecule is Cn1nc(NS(=O)(=O)C2CC2)c2c(Cl)ccc(C(C)(C)C)c21. The van der Waals surface area contributed by atoms with Crippen LogP contribution in [0, 0.1) is 0 Å². The Balaban J connectivity index is 2.21. The third kappa shape index (κ3) is 2.58. The van der Waals surface area contributed by atoms with E-state index in [0.29, 0.717) is 29.1 Å². The van der Waals surface area contributed by atoms with E-state index in [1.807, 2.05) is 13.1 Å². The molecule has 0 spiro atoms. The van der Waals surface area contributed by atoms with Crippen molar-refractivity contribution in [3.63, 3.8) is 0 Å². The Hall–Kier alpha value is -1.27. The lowest BCUT2D eigenvalue weighted by Crippen LogP contribution is -2.18. The Morgan fingerprint density at radius 1 is 1.32 bits per heavy atom. The van der Waals surface area contributed by atoms with Gasteiger partial charge in [0.2, 0.25) is 10.0 Å². The minimum atomic E-state index is -3.37. The quantitative estimate of drug-likeness (QED) is 0.930. The number of halogens is 1. The van der Waals surface area contributed by atoms with Crippen molar-refractivity contribution in [2.45, 2.75) is 44.3 Å². The number of anilines is 1. The molecule has 1 heterocycles. The number of hydrogen-bond donors (Lipinski definition) is 1. The standard InChI is InChI=1S/C15H20ClN3O2S/c1-15(2,3)10-7-8-11(16)12-13(10)19(4)17-14(12)18-22(20,21)9-5-6-9/h7-9H,5-6H2,1-4H3,(H,17,18). The summed E-state index contributed by atoms with van der Waals surface area (Å²) in [5.74, 6) is 0.320.